The Labute approximate surface area is 171 Å². The highest BCUT2D eigenvalue weighted by atomic mass is 35.5. The van der Waals surface area contributed by atoms with Crippen LogP contribution in [-0.2, 0) is 21.2 Å². The molecule has 0 unspecified atom stereocenters. The molecule has 0 radical (unpaired) electrons. The maximum atomic E-state index is 13.0. The number of rotatable bonds is 6. The first-order valence-corrected chi connectivity index (χ1v) is 11.3. The van der Waals surface area contributed by atoms with Gasteiger partial charge in [0.2, 0.25) is 15.9 Å². The van der Waals surface area contributed by atoms with E-state index in [2.05, 4.69) is 5.32 Å². The van der Waals surface area contributed by atoms with Gasteiger partial charge in [0.15, 0.2) is 0 Å². The van der Waals surface area contributed by atoms with E-state index in [4.69, 9.17) is 11.6 Å². The number of carbonyl (C=O) groups excluding carboxylic acids is 1. The monoisotopic (exact) mass is 420 g/mol. The lowest BCUT2D eigenvalue weighted by atomic mass is 10.0. The highest BCUT2D eigenvalue weighted by Gasteiger charge is 2.37. The van der Waals surface area contributed by atoms with Crippen LogP contribution in [0, 0.1) is 6.92 Å². The van der Waals surface area contributed by atoms with Crippen LogP contribution in [0.1, 0.15) is 30.4 Å². The zero-order valence-corrected chi connectivity index (χ0v) is 17.5. The van der Waals surface area contributed by atoms with E-state index in [-0.39, 0.29) is 10.8 Å². The van der Waals surface area contributed by atoms with Crippen LogP contribution in [0.3, 0.4) is 0 Å². The van der Waals surface area contributed by atoms with E-state index >= 15 is 0 Å². The Kier molecular flexibility index (Phi) is 6.75. The second-order valence-corrected chi connectivity index (χ2v) is 9.43. The Bertz CT molecular complexity index is 912. The number of nitrogens with one attached hydrogen (secondary N) is 1. The fourth-order valence-electron chi connectivity index (χ4n) is 3.40. The van der Waals surface area contributed by atoms with Gasteiger partial charge in [-0.25, -0.2) is 8.42 Å². The Balaban J connectivity index is 1.67. The molecule has 3 rings (SSSR count). The summed E-state index contributed by atoms with van der Waals surface area (Å²) in [6.45, 7) is 2.86. The number of halogens is 1. The van der Waals surface area contributed by atoms with Gasteiger partial charge in [-0.15, -0.1) is 0 Å². The molecular weight excluding hydrogens is 396 g/mol. The van der Waals surface area contributed by atoms with Crippen molar-refractivity contribution in [3.8, 4) is 0 Å². The Morgan fingerprint density at radius 1 is 1.11 bits per heavy atom. The van der Waals surface area contributed by atoms with Crippen molar-refractivity contribution in [1.82, 2.24) is 9.62 Å². The fourth-order valence-corrected chi connectivity index (χ4v) is 5.18. The first-order valence-electron chi connectivity index (χ1n) is 9.48. The number of benzene rings is 2. The lowest BCUT2D eigenvalue weighted by molar-refractivity contribution is -0.125. The summed E-state index contributed by atoms with van der Waals surface area (Å²) in [4.78, 5) is 12.9. The van der Waals surface area contributed by atoms with Crippen molar-refractivity contribution in [3.63, 3.8) is 0 Å². The van der Waals surface area contributed by atoms with Crippen LogP contribution in [0.5, 0.6) is 0 Å². The number of hydrogen-bond donors (Lipinski definition) is 1. The average Bonchev–Trinajstić information content (AvgIpc) is 2.70. The molecule has 0 bridgehead atoms. The van der Waals surface area contributed by atoms with Crippen molar-refractivity contribution in [1.29, 1.82) is 0 Å². The molecule has 150 valence electrons. The smallest absolute Gasteiger partial charge is 0.243 e. The Hall–Kier alpha value is -1.89. The molecule has 0 spiro atoms. The van der Waals surface area contributed by atoms with Crippen LogP contribution in [-0.4, -0.2) is 37.8 Å². The minimum atomic E-state index is -3.74. The van der Waals surface area contributed by atoms with Gasteiger partial charge in [-0.1, -0.05) is 47.9 Å². The maximum absolute atomic E-state index is 13.0. The molecule has 5 nitrogen and oxygen atoms in total. The standard InChI is InChI=1S/C21H25ClN2O3S/c1-16-5-7-17(8-6-16)13-14-23-21(25)20-4-2-3-15-24(20)28(26,27)19-11-9-18(22)10-12-19/h5-12,20H,2-4,13-15H2,1H3,(H,23,25)/t20-/m0/s1. The van der Waals surface area contributed by atoms with Crippen molar-refractivity contribution in [2.24, 2.45) is 0 Å². The van der Waals surface area contributed by atoms with Crippen molar-refractivity contribution in [3.05, 3.63) is 64.7 Å². The molecule has 1 heterocycles. The van der Waals surface area contributed by atoms with Crippen LogP contribution in [0.4, 0.5) is 0 Å². The number of sulfonamides is 1. The molecule has 2 aromatic carbocycles. The lowest BCUT2D eigenvalue weighted by Gasteiger charge is -2.33. The minimum Gasteiger partial charge on any atom is -0.354 e. The van der Waals surface area contributed by atoms with Crippen LogP contribution < -0.4 is 5.32 Å². The molecule has 1 fully saturated rings. The molecule has 1 saturated heterocycles. The van der Waals surface area contributed by atoms with Crippen LogP contribution >= 0.6 is 11.6 Å². The third-order valence-electron chi connectivity index (χ3n) is 5.01. The fraction of sp³-hybridized carbons (Fsp3) is 0.381. The maximum Gasteiger partial charge on any atom is 0.243 e. The average molecular weight is 421 g/mol. The predicted octanol–water partition coefficient (Wildman–Crippen LogP) is 3.55. The minimum absolute atomic E-state index is 0.163. The number of hydrogen-bond acceptors (Lipinski definition) is 3. The highest BCUT2D eigenvalue weighted by Crippen LogP contribution is 2.26. The van der Waals surface area contributed by atoms with E-state index in [1.54, 1.807) is 12.1 Å². The number of aryl methyl sites for hydroxylation is 1. The van der Waals surface area contributed by atoms with Gasteiger partial charge in [0, 0.05) is 18.1 Å². The van der Waals surface area contributed by atoms with Crippen LogP contribution in [0.25, 0.3) is 0 Å². The van der Waals surface area contributed by atoms with E-state index in [0.29, 0.717) is 31.0 Å². The molecule has 1 amide bonds. The summed E-state index contributed by atoms with van der Waals surface area (Å²) in [5.74, 6) is -0.232. The van der Waals surface area contributed by atoms with Gasteiger partial charge >= 0.3 is 0 Å². The number of nitrogens with zero attached hydrogens (tertiary/aromatic N) is 1. The van der Waals surface area contributed by atoms with E-state index in [1.807, 2.05) is 31.2 Å². The Morgan fingerprint density at radius 3 is 2.46 bits per heavy atom. The third-order valence-corrected chi connectivity index (χ3v) is 7.18. The Morgan fingerprint density at radius 2 is 1.79 bits per heavy atom. The summed E-state index contributed by atoms with van der Waals surface area (Å²) >= 11 is 5.87. The lowest BCUT2D eigenvalue weighted by Crippen LogP contribution is -2.52. The molecule has 0 saturated carbocycles. The van der Waals surface area contributed by atoms with Gasteiger partial charge in [0.25, 0.3) is 0 Å². The normalized spacial score (nSPS) is 18.0. The number of carbonyl (C=O) groups is 1. The summed E-state index contributed by atoms with van der Waals surface area (Å²) in [6.07, 6.45) is 2.83. The molecule has 2 aromatic rings. The van der Waals surface area contributed by atoms with Gasteiger partial charge in [0.05, 0.1) is 4.90 Å². The van der Waals surface area contributed by atoms with E-state index in [9.17, 15) is 13.2 Å². The predicted molar refractivity (Wildman–Crippen MR) is 111 cm³/mol. The summed E-state index contributed by atoms with van der Waals surface area (Å²) < 4.78 is 27.4. The van der Waals surface area contributed by atoms with Gasteiger partial charge in [-0.05, 0) is 56.0 Å². The quantitative estimate of drug-likeness (QED) is 0.777. The summed E-state index contributed by atoms with van der Waals surface area (Å²) in [6, 6.07) is 13.6. The topological polar surface area (TPSA) is 66.5 Å². The summed E-state index contributed by atoms with van der Waals surface area (Å²) in [7, 11) is -3.74. The molecular formula is C21H25ClN2O3S. The zero-order valence-electron chi connectivity index (χ0n) is 15.9. The van der Waals surface area contributed by atoms with E-state index in [1.165, 1.54) is 22.0 Å². The third kappa shape index (κ3) is 4.93. The molecule has 7 heteroatoms. The van der Waals surface area contributed by atoms with Gasteiger partial charge in [-0.2, -0.15) is 4.31 Å². The van der Waals surface area contributed by atoms with Crippen molar-refractivity contribution >= 4 is 27.5 Å². The molecule has 0 aliphatic carbocycles. The van der Waals surface area contributed by atoms with E-state index in [0.717, 1.165) is 18.4 Å². The molecule has 1 aliphatic rings. The summed E-state index contributed by atoms with van der Waals surface area (Å²) in [5.41, 5.74) is 2.33. The van der Waals surface area contributed by atoms with Crippen molar-refractivity contribution < 1.29 is 13.2 Å². The summed E-state index contributed by atoms with van der Waals surface area (Å²) in [5, 5.41) is 3.39. The molecule has 1 N–H and O–H groups in total. The molecule has 1 atom stereocenters. The molecule has 0 aromatic heterocycles. The SMILES string of the molecule is Cc1ccc(CCNC(=O)[C@@H]2CCCCN2S(=O)(=O)c2ccc(Cl)cc2)cc1. The second-order valence-electron chi connectivity index (χ2n) is 7.11. The molecule has 28 heavy (non-hydrogen) atoms. The zero-order chi connectivity index (χ0) is 20.1. The number of piperidine rings is 1. The van der Waals surface area contributed by atoms with Crippen LogP contribution in [0.2, 0.25) is 5.02 Å². The van der Waals surface area contributed by atoms with Gasteiger partial charge in [0.1, 0.15) is 6.04 Å². The first-order chi connectivity index (χ1) is 13.4. The highest BCUT2D eigenvalue weighted by molar-refractivity contribution is 7.89. The number of amides is 1. The van der Waals surface area contributed by atoms with E-state index < -0.39 is 16.1 Å². The molecule has 1 aliphatic heterocycles. The van der Waals surface area contributed by atoms with Gasteiger partial charge in [-0.3, -0.25) is 4.79 Å². The van der Waals surface area contributed by atoms with Crippen molar-refractivity contribution in [2.45, 2.75) is 43.5 Å². The van der Waals surface area contributed by atoms with Crippen LogP contribution in [0.15, 0.2) is 53.4 Å². The first kappa shape index (κ1) is 20.8. The largest absolute Gasteiger partial charge is 0.354 e. The van der Waals surface area contributed by atoms with Gasteiger partial charge < -0.3 is 5.32 Å². The second kappa shape index (κ2) is 9.07. The van der Waals surface area contributed by atoms with Crippen molar-refractivity contribution in [2.75, 3.05) is 13.1 Å².